The zero-order valence-corrected chi connectivity index (χ0v) is 32.8. The molecule has 0 unspecified atom stereocenters. The molecule has 0 radical (unpaired) electrons. The van der Waals surface area contributed by atoms with Crippen molar-refractivity contribution in [2.45, 2.75) is 129 Å². The van der Waals surface area contributed by atoms with E-state index >= 15 is 0 Å². The Morgan fingerprint density at radius 1 is 0.462 bits per heavy atom. The number of halogens is 5. The van der Waals surface area contributed by atoms with Crippen LogP contribution in [0.1, 0.15) is 83.1 Å². The Bertz CT molecular complexity index is 1600. The van der Waals surface area contributed by atoms with Crippen molar-refractivity contribution < 1.29 is 64.4 Å². The minimum Gasteiger partial charge on any atom is -0.405 e. The minimum absolute atomic E-state index is 0.0222. The molecule has 0 spiro atoms. The van der Waals surface area contributed by atoms with E-state index in [1.54, 1.807) is 0 Å². The zero-order chi connectivity index (χ0) is 39.3. The number of rotatable bonds is 2. The highest BCUT2D eigenvalue weighted by molar-refractivity contribution is 9.10. The first kappa shape index (κ1) is 40.6. The number of nitrogens with two attached hydrogens (primary N) is 2. The Labute approximate surface area is 310 Å². The van der Waals surface area contributed by atoms with Gasteiger partial charge in [-0.05, 0) is 105 Å². The highest BCUT2D eigenvalue weighted by Crippen LogP contribution is 2.46. The molecule has 3 fully saturated rings. The van der Waals surface area contributed by atoms with Crippen LogP contribution in [0.25, 0.3) is 0 Å². The Balaban J connectivity index is 0.000000155. The number of anilines is 2. The largest absolute Gasteiger partial charge is 0.586 e. The first-order chi connectivity index (χ1) is 23.4. The van der Waals surface area contributed by atoms with E-state index in [9.17, 15) is 17.6 Å². The molecule has 2 aromatic carbocycles. The van der Waals surface area contributed by atoms with Gasteiger partial charge < -0.3 is 58.3 Å². The van der Waals surface area contributed by atoms with E-state index in [0.29, 0.717) is 15.6 Å². The summed E-state index contributed by atoms with van der Waals surface area (Å²) >= 11 is 3.08. The fraction of sp³-hybridized carbons (Fsp3) is 0.625. The maximum Gasteiger partial charge on any atom is 0.586 e. The molecular weight excluding hydrogens is 761 g/mol. The van der Waals surface area contributed by atoms with Crippen molar-refractivity contribution in [3.8, 4) is 23.0 Å². The van der Waals surface area contributed by atoms with Crippen molar-refractivity contribution in [1.82, 2.24) is 0 Å². The Morgan fingerprint density at radius 3 is 1.12 bits per heavy atom. The van der Waals surface area contributed by atoms with Gasteiger partial charge in [0.05, 0.1) is 33.6 Å². The summed E-state index contributed by atoms with van der Waals surface area (Å²) in [7, 11) is -1.70. The number of fused-ring (bicyclic) bond motifs is 2. The average molecular weight is 805 g/mol. The summed E-state index contributed by atoms with van der Waals surface area (Å²) in [6.45, 7) is 23.8. The molecule has 0 saturated carbocycles. The highest BCUT2D eigenvalue weighted by Gasteiger charge is 2.64. The normalized spacial score (nSPS) is 25.3. The Kier molecular flexibility index (Phi) is 9.94. The van der Waals surface area contributed by atoms with Gasteiger partial charge in [-0.3, -0.25) is 0 Å². The molecule has 52 heavy (non-hydrogen) atoms. The smallest absolute Gasteiger partial charge is 0.405 e. The van der Waals surface area contributed by atoms with Gasteiger partial charge in [-0.2, -0.15) is 0 Å². The third-order valence-corrected chi connectivity index (χ3v) is 11.1. The molecule has 0 atom stereocenters. The summed E-state index contributed by atoms with van der Waals surface area (Å²) in [5.41, 5.74) is 9.81. The van der Waals surface area contributed by atoms with Crippen LogP contribution in [0.5, 0.6) is 23.0 Å². The van der Waals surface area contributed by atoms with E-state index in [1.807, 2.05) is 83.1 Å². The maximum absolute atomic E-state index is 13.1. The molecule has 12 nitrogen and oxygen atoms in total. The maximum atomic E-state index is 13.1. The molecule has 4 N–H and O–H groups in total. The number of alkyl halides is 4. The Morgan fingerprint density at radius 2 is 0.750 bits per heavy atom. The number of hydrogen-bond acceptors (Lipinski definition) is 12. The van der Waals surface area contributed by atoms with E-state index in [4.69, 9.17) is 39.4 Å². The van der Waals surface area contributed by atoms with Gasteiger partial charge in [0.15, 0.2) is 23.0 Å². The quantitative estimate of drug-likeness (QED) is 0.195. The number of nitrogen functional groups attached to an aromatic ring is 2. The molecule has 0 bridgehead atoms. The van der Waals surface area contributed by atoms with Crippen LogP contribution < -0.4 is 35.9 Å². The van der Waals surface area contributed by atoms with Crippen molar-refractivity contribution in [2.24, 2.45) is 0 Å². The summed E-state index contributed by atoms with van der Waals surface area (Å²) in [6.07, 6.45) is -7.26. The average Bonchev–Trinajstić information content (AvgIpc) is 3.62. The lowest BCUT2D eigenvalue weighted by molar-refractivity contribution is -0.287. The number of ether oxygens (including phenoxy) is 4. The lowest BCUT2D eigenvalue weighted by Crippen LogP contribution is -2.41. The predicted molar refractivity (Wildman–Crippen MR) is 190 cm³/mol. The molecule has 5 aliphatic heterocycles. The second-order valence-corrected chi connectivity index (χ2v) is 16.8. The summed E-state index contributed by atoms with van der Waals surface area (Å²) in [5, 5.41) is 0. The summed E-state index contributed by atoms with van der Waals surface area (Å²) in [4.78, 5) is 0. The third kappa shape index (κ3) is 7.80. The second-order valence-electron chi connectivity index (χ2n) is 15.9. The van der Waals surface area contributed by atoms with Crippen LogP contribution in [-0.4, -0.2) is 67.3 Å². The molecule has 7 rings (SSSR count). The van der Waals surface area contributed by atoms with Gasteiger partial charge in [0, 0.05) is 39.5 Å². The molecule has 0 aromatic heterocycles. The van der Waals surface area contributed by atoms with Gasteiger partial charge in [-0.25, -0.2) is 0 Å². The molecule has 5 heterocycles. The SMILES string of the molecule is CC1(C)OB(B2OC(C)(C)C(C)(C)O2)OC1(C)C.CC1(C)OB(c2cc3c(cc2N)OC(F)(F)O3)OC1(C)C.Nc1cc2c(cc1Br)OC(F)(F)O2. The van der Waals surface area contributed by atoms with Gasteiger partial charge >= 0.3 is 33.7 Å². The van der Waals surface area contributed by atoms with E-state index < -0.39 is 44.9 Å². The van der Waals surface area contributed by atoms with Crippen LogP contribution in [0.15, 0.2) is 28.7 Å². The fourth-order valence-corrected chi connectivity index (χ4v) is 5.51. The molecular formula is C32H44B3BrF4N2O10. The van der Waals surface area contributed by atoms with Gasteiger partial charge in [0.1, 0.15) is 0 Å². The van der Waals surface area contributed by atoms with Gasteiger partial charge in [0.2, 0.25) is 0 Å². The van der Waals surface area contributed by atoms with E-state index in [0.717, 1.165) is 0 Å². The van der Waals surface area contributed by atoms with Crippen molar-refractivity contribution in [3.63, 3.8) is 0 Å². The molecule has 20 heteroatoms. The van der Waals surface area contributed by atoms with Crippen LogP contribution in [0.4, 0.5) is 28.9 Å². The zero-order valence-electron chi connectivity index (χ0n) is 31.2. The molecule has 0 amide bonds. The van der Waals surface area contributed by atoms with Crippen molar-refractivity contribution in [1.29, 1.82) is 0 Å². The van der Waals surface area contributed by atoms with Crippen molar-refractivity contribution in [3.05, 3.63) is 28.7 Å². The third-order valence-electron chi connectivity index (χ3n) is 10.4. The fourth-order valence-electron chi connectivity index (χ4n) is 5.19. The van der Waals surface area contributed by atoms with Crippen LogP contribution in [0, 0.1) is 0 Å². The minimum atomic E-state index is -3.68. The van der Waals surface area contributed by atoms with Crippen LogP contribution >= 0.6 is 15.9 Å². The molecule has 0 aliphatic carbocycles. The molecule has 2 aromatic rings. The summed E-state index contributed by atoms with van der Waals surface area (Å²) in [6, 6.07) is 5.27. The van der Waals surface area contributed by atoms with E-state index in [-0.39, 0.29) is 51.1 Å². The molecule has 5 aliphatic rings. The lowest BCUT2D eigenvalue weighted by atomic mass is 9.49. The first-order valence-corrected chi connectivity index (χ1v) is 17.3. The van der Waals surface area contributed by atoms with Crippen LogP contribution in [0.2, 0.25) is 0 Å². The van der Waals surface area contributed by atoms with Gasteiger partial charge in [0.25, 0.3) is 0 Å². The van der Waals surface area contributed by atoms with E-state index in [2.05, 4.69) is 34.9 Å². The lowest BCUT2D eigenvalue weighted by Gasteiger charge is -2.32. The van der Waals surface area contributed by atoms with Gasteiger partial charge in [-0.1, -0.05) is 0 Å². The van der Waals surface area contributed by atoms with Crippen LogP contribution in [-0.2, 0) is 27.9 Å². The number of hydrogen-bond donors (Lipinski definition) is 2. The van der Waals surface area contributed by atoms with Crippen molar-refractivity contribution >= 4 is 53.9 Å². The molecule has 3 saturated heterocycles. The van der Waals surface area contributed by atoms with Gasteiger partial charge in [-0.15, -0.1) is 17.6 Å². The highest BCUT2D eigenvalue weighted by atomic mass is 79.9. The van der Waals surface area contributed by atoms with Crippen molar-refractivity contribution in [2.75, 3.05) is 11.5 Å². The Hall–Kier alpha value is -2.61. The monoisotopic (exact) mass is 804 g/mol. The molecule has 286 valence electrons. The topological polar surface area (TPSA) is 144 Å². The first-order valence-electron chi connectivity index (χ1n) is 16.5. The number of benzene rings is 2. The predicted octanol–water partition coefficient (Wildman–Crippen LogP) is 6.49. The van der Waals surface area contributed by atoms with E-state index in [1.165, 1.54) is 24.3 Å². The second kappa shape index (κ2) is 12.7. The van der Waals surface area contributed by atoms with Crippen LogP contribution in [0.3, 0.4) is 0 Å². The summed E-state index contributed by atoms with van der Waals surface area (Å²) in [5.74, 6) is -0.256. The summed E-state index contributed by atoms with van der Waals surface area (Å²) < 4.78 is 104. The standard InChI is InChI=1S/C13H16BF2NO4.C12H24B2O4.C7H4BrF2NO2/c1-11(2)12(3,4)21-14(20-11)7-5-9-10(6-8(7)17)19-13(15,16)18-9;1-9(2)10(3,4)16-13(15-9)14-17-11(5,6)12(7,8)18-14;8-3-1-5-6(2-4(3)11)13-7(9,10)12-5/h5-6H,17H2,1-4H3;1-8H3;1-2H,11H2.